The molecule has 0 spiro atoms. The van der Waals surface area contributed by atoms with E-state index in [1.54, 1.807) is 12.1 Å². The van der Waals surface area contributed by atoms with Gasteiger partial charge >= 0.3 is 12.4 Å². The zero-order valence-corrected chi connectivity index (χ0v) is 19.5. The topological polar surface area (TPSA) is 56.1 Å². The van der Waals surface area contributed by atoms with E-state index in [0.717, 1.165) is 28.9 Å². The first-order chi connectivity index (χ1) is 17.4. The fourth-order valence-electron chi connectivity index (χ4n) is 3.50. The van der Waals surface area contributed by atoms with E-state index >= 15 is 0 Å². The third-order valence-corrected chi connectivity index (χ3v) is 5.62. The summed E-state index contributed by atoms with van der Waals surface area (Å²) in [6, 6.07) is 15.1. The first-order valence-corrected chi connectivity index (χ1v) is 10.9. The Bertz CT molecular complexity index is 1450. The molecule has 0 aliphatic heterocycles. The Morgan fingerprint density at radius 2 is 1.59 bits per heavy atom. The molecule has 0 bridgehead atoms. The minimum absolute atomic E-state index is 0.0151. The number of carbonyl (C=O) groups is 1. The summed E-state index contributed by atoms with van der Waals surface area (Å²) in [5.41, 5.74) is -1.70. The average Bonchev–Trinajstić information content (AvgIpc) is 3.30. The Kier molecular flexibility index (Phi) is 6.92. The summed E-state index contributed by atoms with van der Waals surface area (Å²) in [5.74, 6) is -0.735. The molecule has 5 nitrogen and oxygen atoms in total. The van der Waals surface area contributed by atoms with E-state index in [4.69, 9.17) is 16.3 Å². The second-order valence-corrected chi connectivity index (χ2v) is 8.13. The number of anilines is 1. The van der Waals surface area contributed by atoms with Gasteiger partial charge in [0.2, 0.25) is 0 Å². The van der Waals surface area contributed by atoms with Crippen LogP contribution in [-0.2, 0) is 12.4 Å². The number of carbonyl (C=O) groups excluding carboxylic acids is 1. The summed E-state index contributed by atoms with van der Waals surface area (Å²) in [5, 5.41) is 6.21. The summed E-state index contributed by atoms with van der Waals surface area (Å²) in [6.45, 7) is 0. The number of halogens is 7. The van der Waals surface area contributed by atoms with Crippen LogP contribution in [-0.4, -0.2) is 22.8 Å². The van der Waals surface area contributed by atoms with Gasteiger partial charge in [0.15, 0.2) is 5.69 Å². The van der Waals surface area contributed by atoms with E-state index in [2.05, 4.69) is 10.4 Å². The SMILES string of the molecule is COc1ccc(C(F)(F)F)cc1NC(=O)c1ccc(-c2cc(C(F)(F)F)nn2-c2ccccc2Cl)cc1. The molecule has 1 heterocycles. The smallest absolute Gasteiger partial charge is 0.435 e. The van der Waals surface area contributed by atoms with E-state index in [1.165, 1.54) is 43.5 Å². The Morgan fingerprint density at radius 1 is 0.919 bits per heavy atom. The van der Waals surface area contributed by atoms with Gasteiger partial charge in [0, 0.05) is 11.1 Å². The van der Waals surface area contributed by atoms with Crippen LogP contribution in [0.5, 0.6) is 5.75 Å². The molecule has 0 saturated carbocycles. The van der Waals surface area contributed by atoms with E-state index < -0.39 is 29.5 Å². The number of alkyl halides is 6. The second kappa shape index (κ2) is 9.81. The molecule has 0 aliphatic rings. The molecule has 0 saturated heterocycles. The normalized spacial score (nSPS) is 11.9. The van der Waals surface area contributed by atoms with Crippen LogP contribution >= 0.6 is 11.6 Å². The molecule has 1 N–H and O–H groups in total. The number of benzene rings is 3. The first-order valence-electron chi connectivity index (χ1n) is 10.5. The number of hydrogen-bond donors (Lipinski definition) is 1. The molecule has 0 atom stereocenters. The van der Waals surface area contributed by atoms with Gasteiger partial charge in [-0.3, -0.25) is 4.79 Å². The van der Waals surface area contributed by atoms with Crippen molar-refractivity contribution in [2.45, 2.75) is 12.4 Å². The fourth-order valence-corrected chi connectivity index (χ4v) is 3.72. The molecule has 0 radical (unpaired) electrons. The van der Waals surface area contributed by atoms with Gasteiger partial charge < -0.3 is 10.1 Å². The highest BCUT2D eigenvalue weighted by Gasteiger charge is 2.35. The minimum Gasteiger partial charge on any atom is -0.495 e. The molecular formula is C25H16ClF6N3O2. The van der Waals surface area contributed by atoms with Crippen LogP contribution < -0.4 is 10.1 Å². The molecule has 0 unspecified atom stereocenters. The maximum Gasteiger partial charge on any atom is 0.435 e. The number of nitrogens with zero attached hydrogens (tertiary/aromatic N) is 2. The molecule has 12 heteroatoms. The Balaban J connectivity index is 1.67. The van der Waals surface area contributed by atoms with E-state index in [-0.39, 0.29) is 39.0 Å². The lowest BCUT2D eigenvalue weighted by atomic mass is 10.1. The molecule has 0 aliphatic carbocycles. The number of rotatable bonds is 5. The van der Waals surface area contributed by atoms with Gasteiger partial charge in [-0.1, -0.05) is 35.9 Å². The van der Waals surface area contributed by atoms with Gasteiger partial charge in [0.25, 0.3) is 5.91 Å². The predicted molar refractivity (Wildman–Crippen MR) is 125 cm³/mol. The van der Waals surface area contributed by atoms with Gasteiger partial charge in [0.1, 0.15) is 5.75 Å². The van der Waals surface area contributed by atoms with Crippen molar-refractivity contribution in [1.82, 2.24) is 9.78 Å². The molecule has 192 valence electrons. The third-order valence-electron chi connectivity index (χ3n) is 5.30. The van der Waals surface area contributed by atoms with Crippen molar-refractivity contribution in [1.29, 1.82) is 0 Å². The summed E-state index contributed by atoms with van der Waals surface area (Å²) < 4.78 is 85.6. The van der Waals surface area contributed by atoms with Gasteiger partial charge in [-0.15, -0.1) is 0 Å². The lowest BCUT2D eigenvalue weighted by Crippen LogP contribution is -2.14. The van der Waals surface area contributed by atoms with Crippen LogP contribution in [0.1, 0.15) is 21.6 Å². The number of methoxy groups -OCH3 is 1. The van der Waals surface area contributed by atoms with Crippen molar-refractivity contribution in [3.05, 3.63) is 94.6 Å². The Labute approximate surface area is 211 Å². The van der Waals surface area contributed by atoms with Crippen molar-refractivity contribution in [3.8, 4) is 22.7 Å². The van der Waals surface area contributed by atoms with Crippen molar-refractivity contribution in [2.75, 3.05) is 12.4 Å². The van der Waals surface area contributed by atoms with E-state index in [1.807, 2.05) is 0 Å². The molecule has 1 aromatic heterocycles. The van der Waals surface area contributed by atoms with Crippen molar-refractivity contribution in [3.63, 3.8) is 0 Å². The molecule has 4 rings (SSSR count). The fraction of sp³-hybridized carbons (Fsp3) is 0.120. The molecular weight excluding hydrogens is 524 g/mol. The van der Waals surface area contributed by atoms with Crippen LogP contribution in [0.2, 0.25) is 5.02 Å². The number of hydrogen-bond acceptors (Lipinski definition) is 3. The molecule has 3 aromatic carbocycles. The highest BCUT2D eigenvalue weighted by molar-refractivity contribution is 6.32. The monoisotopic (exact) mass is 539 g/mol. The third kappa shape index (κ3) is 5.56. The first kappa shape index (κ1) is 26.1. The van der Waals surface area contributed by atoms with Crippen LogP contribution in [0.15, 0.2) is 72.8 Å². The number of para-hydroxylation sites is 1. The maximum atomic E-state index is 13.4. The van der Waals surface area contributed by atoms with Crippen molar-refractivity contribution >= 4 is 23.2 Å². The average molecular weight is 540 g/mol. The summed E-state index contributed by atoms with van der Waals surface area (Å²) in [7, 11) is 1.24. The maximum absolute atomic E-state index is 13.4. The summed E-state index contributed by atoms with van der Waals surface area (Å²) in [4.78, 5) is 12.7. The zero-order valence-electron chi connectivity index (χ0n) is 18.8. The van der Waals surface area contributed by atoms with Gasteiger partial charge in [-0.2, -0.15) is 31.4 Å². The van der Waals surface area contributed by atoms with E-state index in [0.29, 0.717) is 0 Å². The van der Waals surface area contributed by atoms with E-state index in [9.17, 15) is 31.1 Å². The number of amides is 1. The lowest BCUT2D eigenvalue weighted by Gasteiger charge is -2.14. The number of ether oxygens (including phenoxy) is 1. The summed E-state index contributed by atoms with van der Waals surface area (Å²) >= 11 is 6.17. The van der Waals surface area contributed by atoms with Crippen LogP contribution in [0.25, 0.3) is 16.9 Å². The number of nitrogens with one attached hydrogen (secondary N) is 1. The molecule has 1 amide bonds. The molecule has 0 fully saturated rings. The lowest BCUT2D eigenvalue weighted by molar-refractivity contribution is -0.141. The highest BCUT2D eigenvalue weighted by atomic mass is 35.5. The van der Waals surface area contributed by atoms with Gasteiger partial charge in [-0.25, -0.2) is 4.68 Å². The van der Waals surface area contributed by atoms with Crippen molar-refractivity contribution in [2.24, 2.45) is 0 Å². The zero-order chi connectivity index (χ0) is 27.0. The molecule has 4 aromatic rings. The van der Waals surface area contributed by atoms with Crippen LogP contribution in [0, 0.1) is 0 Å². The standard InChI is InChI=1S/C25H16ClF6N3O2/c1-37-21-11-10-16(24(27,28)29)12-18(21)33-23(36)15-8-6-14(7-9-15)20-13-22(25(30,31)32)34-35(20)19-5-3-2-4-17(19)26/h2-13H,1H3,(H,33,36). The highest BCUT2D eigenvalue weighted by Crippen LogP contribution is 2.36. The van der Waals surface area contributed by atoms with Crippen LogP contribution in [0.3, 0.4) is 0 Å². The number of aromatic nitrogens is 2. The second-order valence-electron chi connectivity index (χ2n) is 7.72. The minimum atomic E-state index is -4.72. The van der Waals surface area contributed by atoms with Gasteiger partial charge in [0.05, 0.1) is 34.8 Å². The Morgan fingerprint density at radius 3 is 2.19 bits per heavy atom. The molecule has 37 heavy (non-hydrogen) atoms. The summed E-state index contributed by atoms with van der Waals surface area (Å²) in [6.07, 6.45) is -9.35. The van der Waals surface area contributed by atoms with Crippen molar-refractivity contribution < 1.29 is 35.9 Å². The predicted octanol–water partition coefficient (Wildman–Crippen LogP) is 7.49. The van der Waals surface area contributed by atoms with Gasteiger partial charge in [-0.05, 0) is 48.5 Å². The Hall–Kier alpha value is -3.99. The largest absolute Gasteiger partial charge is 0.495 e. The quantitative estimate of drug-likeness (QED) is 0.267. The van der Waals surface area contributed by atoms with Crippen LogP contribution in [0.4, 0.5) is 32.0 Å².